The maximum Gasteiger partial charge on any atom is 0.0481 e. The van der Waals surface area contributed by atoms with Gasteiger partial charge in [0.2, 0.25) is 0 Å². The number of pyridine rings is 1. The first-order valence-electron chi connectivity index (χ1n) is 6.12. The molecule has 0 aliphatic heterocycles. The molecule has 3 N–H and O–H groups in total. The van der Waals surface area contributed by atoms with E-state index in [1.165, 1.54) is 11.1 Å². The van der Waals surface area contributed by atoms with Crippen LogP contribution in [-0.4, -0.2) is 4.98 Å². The second-order valence-electron chi connectivity index (χ2n) is 4.52. The summed E-state index contributed by atoms with van der Waals surface area (Å²) in [4.78, 5) is 4.49. The lowest BCUT2D eigenvalue weighted by molar-refractivity contribution is 0.512. The lowest BCUT2D eigenvalue weighted by Crippen LogP contribution is -2.29. The molecular weight excluding hydrogens is 242 g/mol. The maximum atomic E-state index is 5.68. The number of hydrazine groups is 1. The Morgan fingerprint density at radius 3 is 2.78 bits per heavy atom. The number of aromatic nitrogens is 1. The fourth-order valence-electron chi connectivity index (χ4n) is 2.14. The van der Waals surface area contributed by atoms with Crippen molar-refractivity contribution in [2.75, 3.05) is 0 Å². The fraction of sp³-hybridized carbons (Fsp3) is 0.357. The van der Waals surface area contributed by atoms with E-state index in [0.29, 0.717) is 0 Å². The van der Waals surface area contributed by atoms with E-state index in [0.717, 1.165) is 24.2 Å². The molecule has 3 nitrogen and oxygen atoms in total. The first-order chi connectivity index (χ1) is 8.70. The van der Waals surface area contributed by atoms with Crippen molar-refractivity contribution in [1.29, 1.82) is 0 Å². The Balaban J connectivity index is 2.08. The first-order valence-corrected chi connectivity index (χ1v) is 7.06. The molecule has 0 spiro atoms. The molecule has 4 heteroatoms. The predicted molar refractivity (Wildman–Crippen MR) is 76.4 cm³/mol. The van der Waals surface area contributed by atoms with Gasteiger partial charge >= 0.3 is 0 Å². The summed E-state index contributed by atoms with van der Waals surface area (Å²) < 4.78 is 0. The average molecular weight is 261 g/mol. The normalized spacial score (nSPS) is 12.6. The van der Waals surface area contributed by atoms with Crippen molar-refractivity contribution >= 4 is 11.3 Å². The Hall–Kier alpha value is -1.23. The summed E-state index contributed by atoms with van der Waals surface area (Å²) in [5.74, 6) is 5.68. The van der Waals surface area contributed by atoms with E-state index >= 15 is 0 Å². The molecule has 0 aliphatic rings. The minimum absolute atomic E-state index is 0.165. The minimum Gasteiger partial charge on any atom is -0.271 e. The van der Waals surface area contributed by atoms with Gasteiger partial charge < -0.3 is 0 Å². The molecule has 2 aromatic rings. The van der Waals surface area contributed by atoms with E-state index in [4.69, 9.17) is 5.84 Å². The van der Waals surface area contributed by atoms with Crippen molar-refractivity contribution in [3.8, 4) is 0 Å². The number of hydrogen-bond acceptors (Lipinski definition) is 4. The van der Waals surface area contributed by atoms with Crippen LogP contribution in [0.25, 0.3) is 0 Å². The number of rotatable bonds is 5. The van der Waals surface area contributed by atoms with Gasteiger partial charge in [-0.2, -0.15) is 11.3 Å². The van der Waals surface area contributed by atoms with Gasteiger partial charge in [-0.25, -0.2) is 0 Å². The minimum atomic E-state index is 0.165. The van der Waals surface area contributed by atoms with Crippen LogP contribution in [0.5, 0.6) is 0 Å². The Bertz CT molecular complexity index is 494. The van der Waals surface area contributed by atoms with Crippen LogP contribution in [0.3, 0.4) is 0 Å². The lowest BCUT2D eigenvalue weighted by Gasteiger charge is -2.18. The molecule has 0 aliphatic carbocycles. The number of thiophene rings is 1. The van der Waals surface area contributed by atoms with E-state index in [1.54, 1.807) is 11.3 Å². The highest BCUT2D eigenvalue weighted by Crippen LogP contribution is 2.21. The number of nitrogens with two attached hydrogens (primary N) is 1. The molecule has 0 saturated carbocycles. The van der Waals surface area contributed by atoms with Gasteiger partial charge in [-0.3, -0.25) is 16.3 Å². The van der Waals surface area contributed by atoms with Gasteiger partial charge in [-0.1, -0.05) is 6.07 Å². The second kappa shape index (κ2) is 6.09. The van der Waals surface area contributed by atoms with Gasteiger partial charge in [0.05, 0.1) is 0 Å². The summed E-state index contributed by atoms with van der Waals surface area (Å²) in [7, 11) is 0. The number of hydrogen-bond donors (Lipinski definition) is 2. The van der Waals surface area contributed by atoms with Crippen molar-refractivity contribution < 1.29 is 0 Å². The van der Waals surface area contributed by atoms with Gasteiger partial charge in [-0.15, -0.1) is 0 Å². The van der Waals surface area contributed by atoms with Gasteiger partial charge in [0, 0.05) is 17.4 Å². The van der Waals surface area contributed by atoms with Crippen LogP contribution in [0.1, 0.15) is 35.0 Å². The Kier molecular flexibility index (Phi) is 4.47. The molecule has 0 aromatic carbocycles. The van der Waals surface area contributed by atoms with Crippen molar-refractivity contribution in [2.24, 2.45) is 5.84 Å². The highest BCUT2D eigenvalue weighted by molar-refractivity contribution is 7.07. The molecule has 0 saturated heterocycles. The molecule has 2 aromatic heterocycles. The Morgan fingerprint density at radius 1 is 1.33 bits per heavy atom. The highest BCUT2D eigenvalue weighted by atomic mass is 32.1. The summed E-state index contributed by atoms with van der Waals surface area (Å²) in [6, 6.07) is 6.49. The van der Waals surface area contributed by atoms with Gasteiger partial charge in [0.1, 0.15) is 0 Å². The Labute approximate surface area is 112 Å². The van der Waals surface area contributed by atoms with Crippen LogP contribution in [0.15, 0.2) is 29.0 Å². The summed E-state index contributed by atoms with van der Waals surface area (Å²) in [6.45, 7) is 4.05. The highest BCUT2D eigenvalue weighted by Gasteiger charge is 2.13. The maximum absolute atomic E-state index is 5.68. The SMILES string of the molecule is Cc1ccc(C(CCc2ccsc2)NN)c(C)n1. The van der Waals surface area contributed by atoms with E-state index in [9.17, 15) is 0 Å². The Morgan fingerprint density at radius 2 is 2.17 bits per heavy atom. The molecule has 0 fully saturated rings. The zero-order valence-corrected chi connectivity index (χ0v) is 11.6. The predicted octanol–water partition coefficient (Wildman–Crippen LogP) is 2.90. The standard InChI is InChI=1S/C14H19N3S/c1-10-3-5-13(11(2)16-10)14(17-15)6-4-12-7-8-18-9-12/h3,5,7-9,14,17H,4,6,15H2,1-2H3. The third-order valence-electron chi connectivity index (χ3n) is 3.14. The van der Waals surface area contributed by atoms with Gasteiger partial charge in [0.15, 0.2) is 0 Å². The largest absolute Gasteiger partial charge is 0.271 e. The van der Waals surface area contributed by atoms with Crippen LogP contribution in [0.2, 0.25) is 0 Å². The second-order valence-corrected chi connectivity index (χ2v) is 5.30. The molecule has 2 heterocycles. The van der Waals surface area contributed by atoms with Gasteiger partial charge in [-0.05, 0) is 60.7 Å². The fourth-order valence-corrected chi connectivity index (χ4v) is 2.84. The van der Waals surface area contributed by atoms with E-state index < -0.39 is 0 Å². The zero-order valence-electron chi connectivity index (χ0n) is 10.8. The topological polar surface area (TPSA) is 50.9 Å². The molecule has 0 amide bonds. The van der Waals surface area contributed by atoms with E-state index in [2.05, 4.69) is 33.3 Å². The van der Waals surface area contributed by atoms with Gasteiger partial charge in [0.25, 0.3) is 0 Å². The summed E-state index contributed by atoms with van der Waals surface area (Å²) in [5, 5.41) is 4.30. The van der Waals surface area contributed by atoms with Crippen molar-refractivity contribution in [3.63, 3.8) is 0 Å². The molecule has 0 bridgehead atoms. The summed E-state index contributed by atoms with van der Waals surface area (Å²) >= 11 is 1.74. The molecule has 96 valence electrons. The van der Waals surface area contributed by atoms with E-state index in [-0.39, 0.29) is 6.04 Å². The van der Waals surface area contributed by atoms with Crippen molar-refractivity contribution in [2.45, 2.75) is 32.7 Å². The summed E-state index contributed by atoms with van der Waals surface area (Å²) in [5.41, 5.74) is 7.58. The molecule has 2 rings (SSSR count). The molecule has 18 heavy (non-hydrogen) atoms. The lowest BCUT2D eigenvalue weighted by atomic mass is 9.99. The van der Waals surface area contributed by atoms with Crippen molar-refractivity contribution in [1.82, 2.24) is 10.4 Å². The number of nitrogens with zero attached hydrogens (tertiary/aromatic N) is 1. The van der Waals surface area contributed by atoms with Crippen LogP contribution >= 0.6 is 11.3 Å². The average Bonchev–Trinajstić information content (AvgIpc) is 2.85. The smallest absolute Gasteiger partial charge is 0.0481 e. The first kappa shape index (κ1) is 13.2. The number of aryl methyl sites for hydroxylation is 3. The van der Waals surface area contributed by atoms with Crippen molar-refractivity contribution in [3.05, 3.63) is 51.5 Å². The van der Waals surface area contributed by atoms with E-state index in [1.807, 2.05) is 19.9 Å². The zero-order chi connectivity index (χ0) is 13.0. The van der Waals surface area contributed by atoms with Crippen LogP contribution < -0.4 is 11.3 Å². The summed E-state index contributed by atoms with van der Waals surface area (Å²) in [6.07, 6.45) is 2.02. The monoisotopic (exact) mass is 261 g/mol. The van der Waals surface area contributed by atoms with Crippen LogP contribution in [0.4, 0.5) is 0 Å². The third-order valence-corrected chi connectivity index (χ3v) is 3.88. The number of nitrogens with one attached hydrogen (secondary N) is 1. The molecule has 1 atom stereocenters. The molecule has 0 radical (unpaired) electrons. The molecular formula is C14H19N3S. The third kappa shape index (κ3) is 3.16. The van der Waals surface area contributed by atoms with Crippen LogP contribution in [-0.2, 0) is 6.42 Å². The molecule has 1 unspecified atom stereocenters. The van der Waals surface area contributed by atoms with Crippen LogP contribution in [0, 0.1) is 13.8 Å². The quantitative estimate of drug-likeness (QED) is 0.643.